The van der Waals surface area contributed by atoms with Crippen molar-refractivity contribution >= 4 is 38.7 Å². The maximum absolute atomic E-state index is 11.5. The number of thiophene rings is 1. The number of hydrogen-bond acceptors (Lipinski definition) is 4. The van der Waals surface area contributed by atoms with E-state index in [0.29, 0.717) is 12.3 Å². The van der Waals surface area contributed by atoms with Crippen LogP contribution in [-0.4, -0.2) is 51.4 Å². The number of rotatable bonds is 4. The maximum Gasteiger partial charge on any atom is 0.193 e. The zero-order valence-electron chi connectivity index (χ0n) is 12.2. The van der Waals surface area contributed by atoms with Gasteiger partial charge in [-0.05, 0) is 24.5 Å². The first-order chi connectivity index (χ1) is 9.89. The monoisotopic (exact) mass is 349 g/mol. The van der Waals surface area contributed by atoms with Crippen LogP contribution in [0.1, 0.15) is 11.3 Å². The van der Waals surface area contributed by atoms with Gasteiger partial charge in [-0.3, -0.25) is 4.99 Å². The van der Waals surface area contributed by atoms with Gasteiger partial charge in [-0.25, -0.2) is 8.42 Å². The first-order valence-corrected chi connectivity index (χ1v) is 9.77. The summed E-state index contributed by atoms with van der Waals surface area (Å²) in [4.78, 5) is 7.41. The van der Waals surface area contributed by atoms with Gasteiger partial charge in [0, 0.05) is 25.5 Å². The summed E-state index contributed by atoms with van der Waals surface area (Å²) in [7, 11) is 0.858. The molecule has 0 bridgehead atoms. The minimum absolute atomic E-state index is 0.177. The summed E-state index contributed by atoms with van der Waals surface area (Å²) < 4.78 is 23.7. The molecule has 21 heavy (non-hydrogen) atoms. The van der Waals surface area contributed by atoms with Crippen LogP contribution >= 0.6 is 22.9 Å². The molecule has 1 atom stereocenters. The van der Waals surface area contributed by atoms with E-state index in [-0.39, 0.29) is 11.7 Å². The minimum atomic E-state index is -2.82. The predicted octanol–water partition coefficient (Wildman–Crippen LogP) is 1.84. The number of nitrogens with zero attached hydrogens (tertiary/aromatic N) is 2. The van der Waals surface area contributed by atoms with Gasteiger partial charge < -0.3 is 10.2 Å². The average Bonchev–Trinajstić information content (AvgIpc) is 2.96. The fraction of sp³-hybridized carbons (Fsp3) is 0.615. The lowest BCUT2D eigenvalue weighted by Gasteiger charge is -2.22. The van der Waals surface area contributed by atoms with Crippen molar-refractivity contribution in [1.29, 1.82) is 0 Å². The van der Waals surface area contributed by atoms with Gasteiger partial charge in [-0.15, -0.1) is 11.3 Å². The van der Waals surface area contributed by atoms with Gasteiger partial charge in [0.05, 0.1) is 22.4 Å². The zero-order valence-corrected chi connectivity index (χ0v) is 14.6. The van der Waals surface area contributed by atoms with Crippen LogP contribution in [0.15, 0.2) is 17.1 Å². The molecule has 0 aliphatic carbocycles. The quantitative estimate of drug-likeness (QED) is 0.665. The molecule has 1 aromatic heterocycles. The van der Waals surface area contributed by atoms with Crippen LogP contribution in [0, 0.1) is 5.92 Å². The minimum Gasteiger partial charge on any atom is -0.356 e. The third-order valence-corrected chi connectivity index (χ3v) is 6.52. The Morgan fingerprint density at radius 1 is 1.57 bits per heavy atom. The Kier molecular flexibility index (Phi) is 5.51. The van der Waals surface area contributed by atoms with Crippen molar-refractivity contribution in [2.24, 2.45) is 10.9 Å². The summed E-state index contributed by atoms with van der Waals surface area (Å²) in [6.07, 6.45) is 0.733. The number of halogens is 1. The van der Waals surface area contributed by atoms with Crippen molar-refractivity contribution in [3.8, 4) is 0 Å². The fourth-order valence-electron chi connectivity index (χ4n) is 2.40. The summed E-state index contributed by atoms with van der Waals surface area (Å²) in [5.74, 6) is 1.53. The highest BCUT2D eigenvalue weighted by Gasteiger charge is 2.27. The van der Waals surface area contributed by atoms with E-state index < -0.39 is 9.84 Å². The molecule has 5 nitrogen and oxygen atoms in total. The van der Waals surface area contributed by atoms with Crippen LogP contribution in [-0.2, 0) is 16.4 Å². The van der Waals surface area contributed by atoms with Crippen LogP contribution in [0.25, 0.3) is 0 Å². The van der Waals surface area contributed by atoms with E-state index in [1.165, 1.54) is 0 Å². The molecule has 1 aliphatic heterocycles. The molecule has 1 N–H and O–H groups in total. The Labute approximate surface area is 134 Å². The third kappa shape index (κ3) is 4.86. The number of guanidine groups is 1. The van der Waals surface area contributed by atoms with E-state index in [4.69, 9.17) is 11.6 Å². The van der Waals surface area contributed by atoms with Crippen molar-refractivity contribution in [3.05, 3.63) is 21.3 Å². The number of aliphatic imine (C=N–C) groups is 1. The summed E-state index contributed by atoms with van der Waals surface area (Å²) in [5.41, 5.74) is 0. The second-order valence-corrected chi connectivity index (χ2v) is 9.29. The topological polar surface area (TPSA) is 61.8 Å². The lowest BCUT2D eigenvalue weighted by atomic mass is 10.1. The maximum atomic E-state index is 11.5. The lowest BCUT2D eigenvalue weighted by molar-refractivity contribution is 0.467. The van der Waals surface area contributed by atoms with Crippen molar-refractivity contribution in [3.63, 3.8) is 0 Å². The fourth-order valence-corrected chi connectivity index (χ4v) is 5.40. The van der Waals surface area contributed by atoms with Gasteiger partial charge in [-0.1, -0.05) is 11.6 Å². The van der Waals surface area contributed by atoms with Crippen LogP contribution in [0.2, 0.25) is 4.34 Å². The second kappa shape index (κ2) is 6.98. The third-order valence-electron chi connectivity index (χ3n) is 3.47. The Morgan fingerprint density at radius 2 is 2.33 bits per heavy atom. The Bertz CT molecular complexity index is 613. The van der Waals surface area contributed by atoms with Crippen molar-refractivity contribution in [2.45, 2.75) is 13.0 Å². The number of hydrogen-bond donors (Lipinski definition) is 1. The van der Waals surface area contributed by atoms with Crippen LogP contribution in [0.4, 0.5) is 0 Å². The van der Waals surface area contributed by atoms with Crippen LogP contribution < -0.4 is 5.32 Å². The van der Waals surface area contributed by atoms with Gasteiger partial charge in [0.15, 0.2) is 15.8 Å². The van der Waals surface area contributed by atoms with Gasteiger partial charge in [0.2, 0.25) is 0 Å². The molecule has 2 heterocycles. The molecule has 1 unspecified atom stereocenters. The molecule has 2 rings (SSSR count). The molecule has 0 saturated carbocycles. The molecule has 1 saturated heterocycles. The van der Waals surface area contributed by atoms with Crippen LogP contribution in [0.3, 0.4) is 0 Å². The molecule has 1 fully saturated rings. The highest BCUT2D eigenvalue weighted by atomic mass is 35.5. The number of nitrogens with one attached hydrogen (secondary N) is 1. The lowest BCUT2D eigenvalue weighted by Crippen LogP contribution is -2.40. The van der Waals surface area contributed by atoms with Gasteiger partial charge >= 0.3 is 0 Å². The second-order valence-electron chi connectivity index (χ2n) is 5.26. The molecule has 1 aliphatic rings. The standard InChI is InChI=1S/C13H20ClN3O2S2/c1-15-13(16-7-10-5-6-21(18,19)9-10)17(2)8-11-3-4-12(14)20-11/h3-4,10H,5-9H2,1-2H3,(H,15,16). The molecule has 118 valence electrons. The molecule has 0 spiro atoms. The SMILES string of the molecule is CN=C(NCC1CCS(=O)(=O)C1)N(C)Cc1ccc(Cl)s1. The molecule has 1 aromatic rings. The molecule has 0 amide bonds. The summed E-state index contributed by atoms with van der Waals surface area (Å²) in [6, 6.07) is 3.88. The van der Waals surface area contributed by atoms with E-state index in [2.05, 4.69) is 10.3 Å². The summed E-state index contributed by atoms with van der Waals surface area (Å²) in [5, 5.41) is 3.26. The molecule has 0 aromatic carbocycles. The smallest absolute Gasteiger partial charge is 0.193 e. The Hall–Kier alpha value is -0.790. The van der Waals surface area contributed by atoms with Crippen LogP contribution in [0.5, 0.6) is 0 Å². The number of sulfone groups is 1. The Morgan fingerprint density at radius 3 is 2.86 bits per heavy atom. The molecular weight excluding hydrogens is 330 g/mol. The predicted molar refractivity (Wildman–Crippen MR) is 88.9 cm³/mol. The molecule has 0 radical (unpaired) electrons. The van der Waals surface area contributed by atoms with E-state index >= 15 is 0 Å². The summed E-state index contributed by atoms with van der Waals surface area (Å²) >= 11 is 7.48. The van der Waals surface area contributed by atoms with Gasteiger partial charge in [-0.2, -0.15) is 0 Å². The van der Waals surface area contributed by atoms with Crippen molar-refractivity contribution in [1.82, 2.24) is 10.2 Å². The van der Waals surface area contributed by atoms with Crippen molar-refractivity contribution < 1.29 is 8.42 Å². The van der Waals surface area contributed by atoms with E-state index in [1.807, 2.05) is 24.1 Å². The Balaban J connectivity index is 1.85. The highest BCUT2D eigenvalue weighted by molar-refractivity contribution is 7.91. The average molecular weight is 350 g/mol. The van der Waals surface area contributed by atoms with Gasteiger partial charge in [0.1, 0.15) is 0 Å². The van der Waals surface area contributed by atoms with Gasteiger partial charge in [0.25, 0.3) is 0 Å². The van der Waals surface area contributed by atoms with E-state index in [1.54, 1.807) is 18.4 Å². The highest BCUT2D eigenvalue weighted by Crippen LogP contribution is 2.22. The van der Waals surface area contributed by atoms with E-state index in [0.717, 1.165) is 28.1 Å². The van der Waals surface area contributed by atoms with Crippen molar-refractivity contribution in [2.75, 3.05) is 32.1 Å². The molecule has 8 heteroatoms. The molecular formula is C13H20ClN3O2S2. The first-order valence-electron chi connectivity index (χ1n) is 6.76. The largest absolute Gasteiger partial charge is 0.356 e. The van der Waals surface area contributed by atoms with E-state index in [9.17, 15) is 8.42 Å². The first kappa shape index (κ1) is 16.6. The zero-order chi connectivity index (χ0) is 15.5. The normalized spacial score (nSPS) is 21.5. The summed E-state index contributed by atoms with van der Waals surface area (Å²) in [6.45, 7) is 1.36.